The molecule has 136 valence electrons. The molecule has 1 aliphatic heterocycles. The highest BCUT2D eigenvalue weighted by Crippen LogP contribution is 2.11. The van der Waals surface area contributed by atoms with E-state index >= 15 is 0 Å². The van der Waals surface area contributed by atoms with Crippen molar-refractivity contribution in [3.8, 4) is 0 Å². The molecule has 0 unspecified atom stereocenters. The minimum absolute atomic E-state index is 0. The molecule has 2 rings (SSSR count). The summed E-state index contributed by atoms with van der Waals surface area (Å²) in [6.07, 6.45) is 3.99. The monoisotopic (exact) mass is 450 g/mol. The van der Waals surface area contributed by atoms with Crippen molar-refractivity contribution in [2.45, 2.75) is 32.2 Å². The molecule has 8 heteroatoms. The summed E-state index contributed by atoms with van der Waals surface area (Å²) in [5.41, 5.74) is 0. The number of guanidine groups is 1. The smallest absolute Gasteiger partial charge is 0.409 e. The van der Waals surface area contributed by atoms with Crippen LogP contribution < -0.4 is 10.6 Å². The van der Waals surface area contributed by atoms with Gasteiger partial charge in [-0.1, -0.05) is 0 Å². The van der Waals surface area contributed by atoms with E-state index < -0.39 is 0 Å². The number of hydrogen-bond acceptors (Lipinski definition) is 4. The molecule has 0 aliphatic carbocycles. The summed E-state index contributed by atoms with van der Waals surface area (Å²) in [6.45, 7) is 4.94. The molecule has 2 N–H and O–H groups in total. The van der Waals surface area contributed by atoms with Crippen LogP contribution in [-0.4, -0.2) is 56.3 Å². The van der Waals surface area contributed by atoms with E-state index in [0.717, 1.165) is 37.5 Å². The van der Waals surface area contributed by atoms with Gasteiger partial charge in [-0.05, 0) is 31.9 Å². The molecule has 24 heavy (non-hydrogen) atoms. The molecule has 1 aliphatic rings. The summed E-state index contributed by atoms with van der Waals surface area (Å²) in [5, 5.41) is 6.70. The van der Waals surface area contributed by atoms with Gasteiger partial charge in [0.2, 0.25) is 0 Å². The van der Waals surface area contributed by atoms with Gasteiger partial charge in [0.25, 0.3) is 0 Å². The number of furan rings is 1. The number of ether oxygens (including phenoxy) is 1. The van der Waals surface area contributed by atoms with Gasteiger partial charge >= 0.3 is 6.09 Å². The molecule has 1 aromatic heterocycles. The first kappa shape index (κ1) is 20.6. The first-order valence-corrected chi connectivity index (χ1v) is 8.13. The fourth-order valence-corrected chi connectivity index (χ4v) is 2.58. The van der Waals surface area contributed by atoms with Crippen LogP contribution in [0.2, 0.25) is 0 Å². The SMILES string of the molecule is CCNC(=NCCc1ccco1)NC1CCN(C(=O)OC)CC1.I. The fraction of sp³-hybridized carbons (Fsp3) is 0.625. The van der Waals surface area contributed by atoms with Crippen molar-refractivity contribution in [3.05, 3.63) is 24.2 Å². The van der Waals surface area contributed by atoms with Crippen molar-refractivity contribution in [3.63, 3.8) is 0 Å². The van der Waals surface area contributed by atoms with Gasteiger partial charge in [0.05, 0.1) is 13.4 Å². The number of amides is 1. The Bertz CT molecular complexity index is 499. The molecule has 0 saturated carbocycles. The van der Waals surface area contributed by atoms with Crippen LogP contribution in [0.3, 0.4) is 0 Å². The van der Waals surface area contributed by atoms with Gasteiger partial charge in [-0.3, -0.25) is 4.99 Å². The molecule has 7 nitrogen and oxygen atoms in total. The first-order valence-electron chi connectivity index (χ1n) is 8.13. The van der Waals surface area contributed by atoms with Crippen LogP contribution in [0.15, 0.2) is 27.8 Å². The lowest BCUT2D eigenvalue weighted by atomic mass is 10.1. The van der Waals surface area contributed by atoms with Gasteiger partial charge in [-0.15, -0.1) is 24.0 Å². The number of aliphatic imine (C=N–C) groups is 1. The second-order valence-electron chi connectivity index (χ2n) is 5.47. The molecule has 1 amide bonds. The normalized spacial score (nSPS) is 15.6. The molecule has 1 saturated heterocycles. The highest BCUT2D eigenvalue weighted by Gasteiger charge is 2.23. The first-order chi connectivity index (χ1) is 11.2. The Morgan fingerprint density at radius 3 is 2.79 bits per heavy atom. The number of piperidine rings is 1. The number of hydrogen-bond donors (Lipinski definition) is 2. The van der Waals surface area contributed by atoms with E-state index in [1.807, 2.05) is 19.1 Å². The van der Waals surface area contributed by atoms with E-state index in [2.05, 4.69) is 15.6 Å². The topological polar surface area (TPSA) is 79.1 Å². The van der Waals surface area contributed by atoms with E-state index in [1.54, 1.807) is 11.2 Å². The number of carbonyl (C=O) groups is 1. The molecule has 0 radical (unpaired) electrons. The third kappa shape index (κ3) is 6.58. The average Bonchev–Trinajstić information content (AvgIpc) is 3.08. The lowest BCUT2D eigenvalue weighted by Crippen LogP contribution is -2.49. The summed E-state index contributed by atoms with van der Waals surface area (Å²) in [5.74, 6) is 1.76. The van der Waals surface area contributed by atoms with Crippen LogP contribution in [0.25, 0.3) is 0 Å². The van der Waals surface area contributed by atoms with Crippen molar-refractivity contribution < 1.29 is 13.9 Å². The lowest BCUT2D eigenvalue weighted by molar-refractivity contribution is 0.111. The number of methoxy groups -OCH3 is 1. The fourth-order valence-electron chi connectivity index (χ4n) is 2.58. The van der Waals surface area contributed by atoms with E-state index in [9.17, 15) is 4.79 Å². The van der Waals surface area contributed by atoms with Crippen LogP contribution in [0.1, 0.15) is 25.5 Å². The van der Waals surface area contributed by atoms with Gasteiger partial charge in [-0.25, -0.2) is 4.79 Å². The second-order valence-corrected chi connectivity index (χ2v) is 5.47. The Labute approximate surface area is 160 Å². The Morgan fingerprint density at radius 1 is 1.46 bits per heavy atom. The number of halogens is 1. The Balaban J connectivity index is 0.00000288. The third-order valence-electron chi connectivity index (χ3n) is 3.82. The highest BCUT2D eigenvalue weighted by atomic mass is 127. The number of nitrogens with zero attached hydrogens (tertiary/aromatic N) is 2. The average molecular weight is 450 g/mol. The van der Waals surface area contributed by atoms with Crippen molar-refractivity contribution in [1.82, 2.24) is 15.5 Å². The van der Waals surface area contributed by atoms with Gasteiger partial charge in [0.1, 0.15) is 5.76 Å². The minimum Gasteiger partial charge on any atom is -0.469 e. The lowest BCUT2D eigenvalue weighted by Gasteiger charge is -2.32. The zero-order valence-corrected chi connectivity index (χ0v) is 16.6. The molecule has 0 aromatic carbocycles. The second kappa shape index (κ2) is 11.2. The summed E-state index contributed by atoms with van der Waals surface area (Å²) in [4.78, 5) is 17.8. The van der Waals surface area contributed by atoms with E-state index in [1.165, 1.54) is 7.11 Å². The maximum absolute atomic E-state index is 11.5. The standard InChI is InChI=1S/C16H26N4O3.HI/c1-3-17-15(18-9-6-14-5-4-12-23-14)19-13-7-10-20(11-8-13)16(21)22-2;/h4-5,12-13H,3,6-11H2,1-2H3,(H2,17,18,19);1H. The van der Waals surface area contributed by atoms with E-state index in [-0.39, 0.29) is 30.1 Å². The predicted octanol–water partition coefficient (Wildman–Crippen LogP) is 2.23. The van der Waals surface area contributed by atoms with Crippen molar-refractivity contribution in [2.75, 3.05) is 33.3 Å². The van der Waals surface area contributed by atoms with Crippen molar-refractivity contribution in [2.24, 2.45) is 4.99 Å². The predicted molar refractivity (Wildman–Crippen MR) is 104 cm³/mol. The van der Waals surface area contributed by atoms with Crippen LogP contribution in [0.4, 0.5) is 4.79 Å². The maximum Gasteiger partial charge on any atom is 0.409 e. The van der Waals surface area contributed by atoms with Gasteiger partial charge in [0.15, 0.2) is 5.96 Å². The van der Waals surface area contributed by atoms with Crippen molar-refractivity contribution in [1.29, 1.82) is 0 Å². The Hall–Kier alpha value is -1.45. The number of nitrogens with one attached hydrogen (secondary N) is 2. The molecular formula is C16H27IN4O3. The quantitative estimate of drug-likeness (QED) is 0.409. The van der Waals surface area contributed by atoms with E-state index in [4.69, 9.17) is 9.15 Å². The minimum atomic E-state index is -0.248. The summed E-state index contributed by atoms with van der Waals surface area (Å²) in [6, 6.07) is 4.16. The van der Waals surface area contributed by atoms with Crippen LogP contribution in [0.5, 0.6) is 0 Å². The summed E-state index contributed by atoms with van der Waals surface area (Å²) < 4.78 is 10.1. The summed E-state index contributed by atoms with van der Waals surface area (Å²) in [7, 11) is 1.42. The highest BCUT2D eigenvalue weighted by molar-refractivity contribution is 14.0. The Kier molecular flexibility index (Phi) is 9.58. The molecule has 0 bridgehead atoms. The molecular weight excluding hydrogens is 423 g/mol. The molecule has 0 spiro atoms. The summed E-state index contributed by atoms with van der Waals surface area (Å²) >= 11 is 0. The molecule has 0 atom stereocenters. The zero-order valence-electron chi connectivity index (χ0n) is 14.3. The van der Waals surface area contributed by atoms with Crippen LogP contribution >= 0.6 is 24.0 Å². The third-order valence-corrected chi connectivity index (χ3v) is 3.82. The van der Waals surface area contributed by atoms with Gasteiger partial charge in [-0.2, -0.15) is 0 Å². The molecule has 2 heterocycles. The molecule has 1 fully saturated rings. The number of carbonyl (C=O) groups excluding carboxylic acids is 1. The van der Waals surface area contributed by atoms with Crippen LogP contribution in [0, 0.1) is 0 Å². The number of likely N-dealkylation sites (tertiary alicyclic amines) is 1. The van der Waals surface area contributed by atoms with E-state index in [0.29, 0.717) is 25.7 Å². The zero-order chi connectivity index (χ0) is 16.5. The van der Waals surface area contributed by atoms with Crippen LogP contribution in [-0.2, 0) is 11.2 Å². The van der Waals surface area contributed by atoms with Gasteiger partial charge < -0.3 is 24.7 Å². The maximum atomic E-state index is 11.5. The van der Waals surface area contributed by atoms with Crippen molar-refractivity contribution >= 4 is 36.0 Å². The molecule has 1 aromatic rings. The number of rotatable bonds is 5. The largest absolute Gasteiger partial charge is 0.469 e. The Morgan fingerprint density at radius 2 is 2.21 bits per heavy atom. The van der Waals surface area contributed by atoms with Gasteiger partial charge in [0, 0.05) is 38.6 Å².